The number of nitrogens with one attached hydrogen (secondary N) is 1. The second kappa shape index (κ2) is 6.50. The van der Waals surface area contributed by atoms with Gasteiger partial charge in [0.1, 0.15) is 5.82 Å². The Balaban J connectivity index is 1.90. The van der Waals surface area contributed by atoms with Crippen molar-refractivity contribution in [2.75, 3.05) is 14.2 Å². The Bertz CT molecular complexity index is 786. The van der Waals surface area contributed by atoms with Crippen molar-refractivity contribution in [2.45, 2.75) is 6.04 Å². The van der Waals surface area contributed by atoms with E-state index in [-0.39, 0.29) is 6.04 Å². The first kappa shape index (κ1) is 15.1. The minimum atomic E-state index is -0.349. The van der Waals surface area contributed by atoms with E-state index in [0.717, 1.165) is 11.1 Å². The number of aromatic amines is 1. The van der Waals surface area contributed by atoms with Gasteiger partial charge >= 0.3 is 0 Å². The van der Waals surface area contributed by atoms with Gasteiger partial charge in [0.05, 0.1) is 20.3 Å². The monoisotopic (exact) mass is 310 g/mol. The molecule has 3 N–H and O–H groups in total. The van der Waals surface area contributed by atoms with Crippen molar-refractivity contribution in [3.63, 3.8) is 0 Å². The maximum absolute atomic E-state index is 6.23. The van der Waals surface area contributed by atoms with E-state index in [1.54, 1.807) is 14.2 Å². The number of rotatable bonds is 5. The van der Waals surface area contributed by atoms with E-state index in [1.807, 2.05) is 48.5 Å². The van der Waals surface area contributed by atoms with Gasteiger partial charge in [-0.25, -0.2) is 4.98 Å². The zero-order chi connectivity index (χ0) is 16.2. The normalized spacial score (nSPS) is 12.0. The first-order valence-corrected chi connectivity index (χ1v) is 7.18. The summed E-state index contributed by atoms with van der Waals surface area (Å²) in [5.74, 6) is 2.46. The number of benzene rings is 2. The van der Waals surface area contributed by atoms with E-state index in [1.165, 1.54) is 0 Å². The molecule has 0 saturated heterocycles. The number of ether oxygens (including phenoxy) is 2. The molecule has 0 bridgehead atoms. The average Bonchev–Trinajstić information content (AvgIpc) is 3.11. The zero-order valence-corrected chi connectivity index (χ0v) is 13.0. The lowest BCUT2D eigenvalue weighted by Crippen LogP contribution is -2.13. The number of nitrogens with zero attached hydrogens (tertiary/aromatic N) is 2. The van der Waals surface area contributed by atoms with Crippen molar-refractivity contribution in [3.8, 4) is 22.9 Å². The third-order valence-electron chi connectivity index (χ3n) is 3.60. The van der Waals surface area contributed by atoms with Crippen LogP contribution in [0.3, 0.4) is 0 Å². The van der Waals surface area contributed by atoms with Crippen LogP contribution in [0.25, 0.3) is 11.4 Å². The summed E-state index contributed by atoms with van der Waals surface area (Å²) in [7, 11) is 3.19. The van der Waals surface area contributed by atoms with E-state index >= 15 is 0 Å². The Labute approximate surface area is 134 Å². The summed E-state index contributed by atoms with van der Waals surface area (Å²) >= 11 is 0. The highest BCUT2D eigenvalue weighted by Crippen LogP contribution is 2.31. The molecule has 3 aromatic rings. The third-order valence-corrected chi connectivity index (χ3v) is 3.60. The summed E-state index contributed by atoms with van der Waals surface area (Å²) in [6.45, 7) is 0. The van der Waals surface area contributed by atoms with Crippen LogP contribution in [0.15, 0.2) is 48.5 Å². The average molecular weight is 310 g/mol. The third kappa shape index (κ3) is 3.02. The fourth-order valence-corrected chi connectivity index (χ4v) is 2.34. The van der Waals surface area contributed by atoms with Crippen LogP contribution in [-0.4, -0.2) is 29.4 Å². The topological polar surface area (TPSA) is 86.0 Å². The van der Waals surface area contributed by atoms with E-state index in [9.17, 15) is 0 Å². The van der Waals surface area contributed by atoms with Crippen molar-refractivity contribution >= 4 is 0 Å². The predicted molar refractivity (Wildman–Crippen MR) is 87.4 cm³/mol. The van der Waals surface area contributed by atoms with Gasteiger partial charge in [-0.05, 0) is 23.8 Å². The Hall–Kier alpha value is -2.86. The van der Waals surface area contributed by atoms with Gasteiger partial charge in [-0.2, -0.15) is 5.10 Å². The molecule has 23 heavy (non-hydrogen) atoms. The van der Waals surface area contributed by atoms with Gasteiger partial charge in [0.2, 0.25) is 0 Å². The minimum absolute atomic E-state index is 0.349. The van der Waals surface area contributed by atoms with Gasteiger partial charge in [0.25, 0.3) is 0 Å². The summed E-state index contributed by atoms with van der Waals surface area (Å²) in [5.41, 5.74) is 8.03. The van der Waals surface area contributed by atoms with Crippen LogP contribution < -0.4 is 15.2 Å². The van der Waals surface area contributed by atoms with Crippen molar-refractivity contribution in [3.05, 3.63) is 59.9 Å². The summed E-state index contributed by atoms with van der Waals surface area (Å²) in [6.07, 6.45) is 0. The Morgan fingerprint density at radius 1 is 1.00 bits per heavy atom. The Kier molecular flexibility index (Phi) is 4.25. The van der Waals surface area contributed by atoms with Gasteiger partial charge in [-0.3, -0.25) is 5.10 Å². The standard InChI is InChI=1S/C17H18N4O2/c1-22-13-9-8-12(10-14(13)23-2)16-19-17(21-20-16)15(18)11-6-4-3-5-7-11/h3-10,15H,18H2,1-2H3,(H,19,20,21)/t15-/m1/s1. The van der Waals surface area contributed by atoms with Crippen LogP contribution in [0.4, 0.5) is 0 Å². The summed E-state index contributed by atoms with van der Waals surface area (Å²) in [6, 6.07) is 14.9. The van der Waals surface area contributed by atoms with Crippen molar-refractivity contribution in [2.24, 2.45) is 5.73 Å². The second-order valence-electron chi connectivity index (χ2n) is 5.00. The van der Waals surface area contributed by atoms with Crippen LogP contribution in [0.5, 0.6) is 11.5 Å². The van der Waals surface area contributed by atoms with Crippen LogP contribution >= 0.6 is 0 Å². The molecule has 1 aromatic heterocycles. The van der Waals surface area contributed by atoms with Crippen LogP contribution in [-0.2, 0) is 0 Å². The molecule has 0 spiro atoms. The van der Waals surface area contributed by atoms with E-state index in [0.29, 0.717) is 23.1 Å². The molecule has 6 nitrogen and oxygen atoms in total. The highest BCUT2D eigenvalue weighted by molar-refractivity contribution is 5.61. The lowest BCUT2D eigenvalue weighted by Gasteiger charge is -2.08. The van der Waals surface area contributed by atoms with Crippen molar-refractivity contribution in [1.29, 1.82) is 0 Å². The van der Waals surface area contributed by atoms with Gasteiger partial charge < -0.3 is 15.2 Å². The largest absolute Gasteiger partial charge is 0.493 e. The highest BCUT2D eigenvalue weighted by atomic mass is 16.5. The summed E-state index contributed by atoms with van der Waals surface area (Å²) < 4.78 is 10.5. The van der Waals surface area contributed by atoms with Crippen LogP contribution in [0.2, 0.25) is 0 Å². The molecular formula is C17H18N4O2. The number of aromatic nitrogens is 3. The molecule has 0 aliphatic carbocycles. The zero-order valence-electron chi connectivity index (χ0n) is 13.0. The number of methoxy groups -OCH3 is 2. The lowest BCUT2D eigenvalue weighted by atomic mass is 10.1. The van der Waals surface area contributed by atoms with Crippen LogP contribution in [0, 0.1) is 0 Å². The Morgan fingerprint density at radius 3 is 2.43 bits per heavy atom. The first-order valence-electron chi connectivity index (χ1n) is 7.18. The molecule has 0 saturated carbocycles. The molecule has 1 heterocycles. The molecule has 0 aliphatic heterocycles. The fourth-order valence-electron chi connectivity index (χ4n) is 2.34. The van der Waals surface area contributed by atoms with Crippen molar-refractivity contribution < 1.29 is 9.47 Å². The molecule has 0 fully saturated rings. The van der Waals surface area contributed by atoms with Gasteiger partial charge in [-0.15, -0.1) is 0 Å². The number of nitrogens with two attached hydrogens (primary N) is 1. The van der Waals surface area contributed by atoms with E-state index < -0.39 is 0 Å². The maximum atomic E-state index is 6.23. The van der Waals surface area contributed by atoms with Gasteiger partial charge in [0.15, 0.2) is 17.3 Å². The molecule has 0 aliphatic rings. The van der Waals surface area contributed by atoms with Gasteiger partial charge in [0, 0.05) is 5.56 Å². The first-order chi connectivity index (χ1) is 11.2. The summed E-state index contributed by atoms with van der Waals surface area (Å²) in [5, 5.41) is 7.16. The fraction of sp³-hybridized carbons (Fsp3) is 0.176. The number of H-pyrrole nitrogens is 1. The summed E-state index contributed by atoms with van der Waals surface area (Å²) in [4.78, 5) is 4.50. The number of hydrogen-bond donors (Lipinski definition) is 2. The molecule has 0 unspecified atom stereocenters. The maximum Gasteiger partial charge on any atom is 0.181 e. The molecule has 0 amide bonds. The SMILES string of the molecule is COc1ccc(-c2n[nH]c([C@H](N)c3ccccc3)n2)cc1OC. The van der Waals surface area contributed by atoms with Crippen LogP contribution in [0.1, 0.15) is 17.4 Å². The van der Waals surface area contributed by atoms with E-state index in [4.69, 9.17) is 15.2 Å². The molecule has 1 atom stereocenters. The molecular weight excluding hydrogens is 292 g/mol. The second-order valence-corrected chi connectivity index (χ2v) is 5.00. The molecule has 0 radical (unpaired) electrons. The molecule has 3 rings (SSSR count). The highest BCUT2D eigenvalue weighted by Gasteiger charge is 2.15. The van der Waals surface area contributed by atoms with Gasteiger partial charge in [-0.1, -0.05) is 30.3 Å². The predicted octanol–water partition coefficient (Wildman–Crippen LogP) is 2.54. The molecule has 2 aromatic carbocycles. The quantitative estimate of drug-likeness (QED) is 0.756. The Morgan fingerprint density at radius 2 is 1.74 bits per heavy atom. The molecule has 118 valence electrons. The minimum Gasteiger partial charge on any atom is -0.493 e. The van der Waals surface area contributed by atoms with E-state index in [2.05, 4.69) is 15.2 Å². The lowest BCUT2D eigenvalue weighted by molar-refractivity contribution is 0.355. The number of hydrogen-bond acceptors (Lipinski definition) is 5. The smallest absolute Gasteiger partial charge is 0.181 e. The van der Waals surface area contributed by atoms with Crippen molar-refractivity contribution in [1.82, 2.24) is 15.2 Å². The molecule has 6 heteroatoms.